The van der Waals surface area contributed by atoms with Crippen LogP contribution in [-0.2, 0) is 44.2 Å². The Morgan fingerprint density at radius 2 is 0.798 bits per heavy atom. The Balaban J connectivity index is 0.000000131. The summed E-state index contributed by atoms with van der Waals surface area (Å²) < 4.78 is 90.3. The second-order valence-corrected chi connectivity index (χ2v) is 34.6. The molecule has 24 nitrogen and oxygen atoms in total. The molecule has 28 heteroatoms. The third-order valence-corrected chi connectivity index (χ3v) is 30.0. The molecule has 2 atom stereocenters. The van der Waals surface area contributed by atoms with Crippen molar-refractivity contribution in [3.63, 3.8) is 0 Å². The number of nitrogen functional groups attached to an aromatic ring is 4. The van der Waals surface area contributed by atoms with Crippen LogP contribution in [0, 0.1) is 13.8 Å². The summed E-state index contributed by atoms with van der Waals surface area (Å²) in [4.78, 5) is 27.6. The number of ether oxygens (including phenoxy) is 1. The van der Waals surface area contributed by atoms with Crippen LogP contribution in [0.25, 0.3) is 0 Å². The number of hydrogen-bond donors (Lipinski definition) is 4. The highest BCUT2D eigenvalue weighted by Gasteiger charge is 2.42. The van der Waals surface area contributed by atoms with Gasteiger partial charge in [-0.2, -0.15) is 4.31 Å². The third kappa shape index (κ3) is 15.3. The van der Waals surface area contributed by atoms with Crippen LogP contribution in [0.4, 0.5) is 45.5 Å². The van der Waals surface area contributed by atoms with Gasteiger partial charge in [0.25, 0.3) is 0 Å². The van der Waals surface area contributed by atoms with Crippen LogP contribution in [0.1, 0.15) is 88.2 Å². The Labute approximate surface area is 530 Å². The van der Waals surface area contributed by atoms with Crippen LogP contribution in [0.15, 0.2) is 61.7 Å². The first kappa shape index (κ1) is 66.6. The normalized spacial score (nSPS) is 24.7. The van der Waals surface area contributed by atoms with E-state index in [4.69, 9.17) is 27.7 Å². The molecule has 10 aliphatic heterocycles. The molecule has 0 amide bonds. The molecule has 14 heterocycles. The van der Waals surface area contributed by atoms with Gasteiger partial charge in [-0.05, 0) is 139 Å². The number of nitrogens with two attached hydrogens (primary N) is 4. The Morgan fingerprint density at radius 3 is 1.19 bits per heavy atom. The van der Waals surface area contributed by atoms with Crippen LogP contribution >= 0.6 is 0 Å². The quantitative estimate of drug-likeness (QED) is 0.147. The number of anilines is 8. The highest BCUT2D eigenvalue weighted by Crippen LogP contribution is 2.36. The second-order valence-electron chi connectivity index (χ2n) is 25.1. The summed E-state index contributed by atoms with van der Waals surface area (Å²) in [6.07, 6.45) is 24.2. The van der Waals surface area contributed by atoms with Crippen molar-refractivity contribution in [3.05, 3.63) is 72.8 Å². The lowest BCUT2D eigenvalue weighted by Crippen LogP contribution is -2.50. The number of sulfonamides is 2. The van der Waals surface area contributed by atoms with Crippen LogP contribution in [-0.4, -0.2) is 237 Å². The van der Waals surface area contributed by atoms with Crippen molar-refractivity contribution in [1.29, 1.82) is 0 Å². The van der Waals surface area contributed by atoms with Gasteiger partial charge in [0.1, 0.15) is 0 Å². The van der Waals surface area contributed by atoms with Crippen molar-refractivity contribution in [1.82, 2.24) is 42.1 Å². The number of rotatable bonds is 12. The first-order chi connectivity index (χ1) is 42.6. The van der Waals surface area contributed by atoms with Gasteiger partial charge in [-0.25, -0.2) is 29.8 Å². The lowest BCUT2D eigenvalue weighted by atomic mass is 10.1. The Morgan fingerprint density at radius 1 is 0.416 bits per heavy atom. The molecule has 8 N–H and O–H groups in total. The first-order valence-electron chi connectivity index (χ1n) is 32.0. The molecule has 2 unspecified atom stereocenters. The van der Waals surface area contributed by atoms with E-state index in [9.17, 15) is 25.3 Å². The monoisotopic (exact) mass is 1310 g/mol. The average molecular weight is 1310 g/mol. The highest BCUT2D eigenvalue weighted by atomic mass is 32.2. The predicted molar refractivity (Wildman–Crippen MR) is 364 cm³/mol. The molecule has 0 radical (unpaired) electrons. The SMILES string of the molecule is C=S(=O)(C1CCN(c2ccncc2N)CC1)N1CCC1.C=S(=O)(C1CCN(c2ccncc2N)CC1)N1CCOCC1.Cc1cncc(N)c1N1CCC(S(=O)(=O)N2CCC2)CC1.Cc1cncc(N)c1N1CCC(S(=O)(=O)N2CCN3CCC2CC3)CC1. The molecule has 4 aromatic heterocycles. The predicted octanol–water partition coefficient (Wildman–Crippen LogP) is 3.59. The maximum Gasteiger partial charge on any atom is 0.217 e. The molecule has 2 bridgehead atoms. The van der Waals surface area contributed by atoms with Crippen LogP contribution in [0.5, 0.6) is 0 Å². The van der Waals surface area contributed by atoms with E-state index in [0.717, 1.165) is 183 Å². The van der Waals surface area contributed by atoms with Gasteiger partial charge in [0.05, 0.1) is 94.0 Å². The number of hydrogen-bond acceptors (Lipinski definition) is 20. The van der Waals surface area contributed by atoms with Gasteiger partial charge in [-0.3, -0.25) is 28.4 Å². The molecule has 10 fully saturated rings. The van der Waals surface area contributed by atoms with E-state index in [-0.39, 0.29) is 27.0 Å². The number of pyridine rings is 4. The zero-order valence-corrected chi connectivity index (χ0v) is 55.6. The summed E-state index contributed by atoms with van der Waals surface area (Å²) in [6.45, 7) is 20.0. The van der Waals surface area contributed by atoms with E-state index in [1.54, 1.807) is 47.7 Å². The minimum Gasteiger partial charge on any atom is -0.396 e. The van der Waals surface area contributed by atoms with E-state index >= 15 is 0 Å². The molecule has 0 saturated carbocycles. The number of fused-ring (bicyclic) bond motifs is 4. The number of morpholine rings is 1. The maximum absolute atomic E-state index is 13.3. The van der Waals surface area contributed by atoms with Crippen molar-refractivity contribution in [2.75, 3.05) is 174 Å². The smallest absolute Gasteiger partial charge is 0.217 e. The van der Waals surface area contributed by atoms with Gasteiger partial charge in [-0.1, -0.05) is 0 Å². The van der Waals surface area contributed by atoms with Gasteiger partial charge in [0.2, 0.25) is 20.0 Å². The highest BCUT2D eigenvalue weighted by molar-refractivity contribution is 7.99. The minimum absolute atomic E-state index is 0.143. The molecule has 0 aromatic carbocycles. The largest absolute Gasteiger partial charge is 0.396 e. The molecule has 10 saturated heterocycles. The summed E-state index contributed by atoms with van der Waals surface area (Å²) in [5.74, 6) is 8.11. The summed E-state index contributed by atoms with van der Waals surface area (Å²) in [6, 6.07) is 4.10. The van der Waals surface area contributed by atoms with E-state index < -0.39 is 39.5 Å². The van der Waals surface area contributed by atoms with Crippen LogP contribution < -0.4 is 42.5 Å². The zero-order chi connectivity index (χ0) is 63.1. The van der Waals surface area contributed by atoms with Gasteiger partial charge >= 0.3 is 0 Å². The standard InChI is InChI=1S/C18H29N5O2S.C15H24N4O2S.C14H22N4O2S.C14H22N4OS/c1-14-12-20-13-17(19)18(14)22-8-4-16(5-9-22)26(24,25)23-11-10-21-6-2-15(23)3-7-21;1-22(20,19-8-10-21-11-9-19)13-3-6-18(7-4-13)15-2-5-17-12-14(15)16;1-11-9-16-10-13(15)14(11)17-7-3-12(4-8-17)21(19,20)18-5-2-6-18;1-20(19,18-7-2-8-18)12-4-9-17(10-5-12)14-3-6-16-11-13(14)15/h12-13,15-16H,2-11,19H2,1H3;2,5,12-13H,1,3-4,6-11,16H2;9-10,12H,2-8,15H2,1H3;3,6,11-12H,1-2,4-5,7-10,15H2. The number of piperidine rings is 5. The van der Waals surface area contributed by atoms with E-state index in [2.05, 4.69) is 60.5 Å². The van der Waals surface area contributed by atoms with E-state index in [1.165, 1.54) is 0 Å². The lowest BCUT2D eigenvalue weighted by Gasteiger charge is -2.41. The van der Waals surface area contributed by atoms with Crippen molar-refractivity contribution in [3.8, 4) is 0 Å². The molecule has 89 heavy (non-hydrogen) atoms. The third-order valence-electron chi connectivity index (χ3n) is 19.6. The fourth-order valence-electron chi connectivity index (χ4n) is 14.1. The summed E-state index contributed by atoms with van der Waals surface area (Å²) >= 11 is 0. The van der Waals surface area contributed by atoms with Gasteiger partial charge in [0.15, 0.2) is 0 Å². The maximum atomic E-state index is 13.3. The average Bonchev–Trinajstić information content (AvgIpc) is 2.49. The van der Waals surface area contributed by atoms with E-state index in [0.29, 0.717) is 81.3 Å². The molecular weight excluding hydrogens is 1210 g/mol. The van der Waals surface area contributed by atoms with Gasteiger partial charge in [-0.15, -0.1) is 0 Å². The molecule has 4 aromatic rings. The Kier molecular flexibility index (Phi) is 21.8. The molecule has 492 valence electrons. The molecule has 10 aliphatic rings. The zero-order valence-electron chi connectivity index (χ0n) is 52.3. The van der Waals surface area contributed by atoms with Crippen LogP contribution in [0.2, 0.25) is 0 Å². The van der Waals surface area contributed by atoms with Gasteiger partial charge < -0.3 is 52.2 Å². The van der Waals surface area contributed by atoms with E-state index in [1.807, 2.05) is 40.8 Å². The molecule has 14 rings (SSSR count). The number of nitrogens with zero attached hydrogens (tertiary/aromatic N) is 13. The Hall–Kier alpha value is -5.30. The van der Waals surface area contributed by atoms with Crippen molar-refractivity contribution in [2.24, 2.45) is 0 Å². The fraction of sp³-hybridized carbons (Fsp3) is 0.639. The molecule has 0 spiro atoms. The molecule has 0 aliphatic carbocycles. The summed E-state index contributed by atoms with van der Waals surface area (Å²) in [7, 11) is -10.6. The van der Waals surface area contributed by atoms with Crippen LogP contribution in [0.3, 0.4) is 0 Å². The molecular formula is C61H97N17O7S4. The van der Waals surface area contributed by atoms with Gasteiger partial charge in [0, 0.05) is 165 Å². The Bertz CT molecular complexity index is 3420. The fourth-order valence-corrected chi connectivity index (χ4v) is 22.6. The van der Waals surface area contributed by atoms with Crippen molar-refractivity contribution >= 4 is 96.7 Å². The summed E-state index contributed by atoms with van der Waals surface area (Å²) in [5.41, 5.74) is 33.0. The topological polar surface area (TPSA) is 296 Å². The number of aromatic nitrogens is 4. The summed E-state index contributed by atoms with van der Waals surface area (Å²) in [5, 5.41) is -0.154. The second kappa shape index (κ2) is 29.1. The first-order valence-corrected chi connectivity index (χ1v) is 38.5. The lowest BCUT2D eigenvalue weighted by molar-refractivity contribution is 0.0744. The van der Waals surface area contributed by atoms with Crippen molar-refractivity contribution in [2.45, 2.75) is 118 Å². The van der Waals surface area contributed by atoms with Crippen molar-refractivity contribution < 1.29 is 30.0 Å². The minimum atomic E-state index is -3.23. The number of aryl methyl sites for hydroxylation is 2.